The number of likely N-dealkylation sites (tertiary alicyclic amines) is 1. The maximum atomic E-state index is 12.0. The summed E-state index contributed by atoms with van der Waals surface area (Å²) in [5.74, 6) is 0.737. The maximum Gasteiger partial charge on any atom is 0.410 e. The highest BCUT2D eigenvalue weighted by Crippen LogP contribution is 2.23. The van der Waals surface area contributed by atoms with Gasteiger partial charge in [-0.1, -0.05) is 12.1 Å². The number of pyridine rings is 1. The van der Waals surface area contributed by atoms with Crippen molar-refractivity contribution in [2.75, 3.05) is 32.1 Å². The summed E-state index contributed by atoms with van der Waals surface area (Å²) in [6.07, 6.45) is 3.02. The molecule has 1 N–H and O–H groups in total. The fraction of sp³-hybridized carbons (Fsp3) is 0.478. The van der Waals surface area contributed by atoms with Gasteiger partial charge in [0.1, 0.15) is 5.75 Å². The number of rotatable bonds is 8. The number of hydrogen-bond acceptors (Lipinski definition) is 7. The van der Waals surface area contributed by atoms with Crippen LogP contribution in [-0.4, -0.2) is 67.7 Å². The molecule has 0 aliphatic carbocycles. The largest absolute Gasteiger partial charge is 0.492 e. The number of carbonyl (C=O) groups is 1. The first kappa shape index (κ1) is 24.0. The average molecular weight is 463 g/mol. The SMILES string of the molecule is CC(C)OC(=O)N1CCC(COc2ccc(-c3ccc(S(=O)(=O)CCO)cc3)nc2)CC1. The van der Waals surface area contributed by atoms with Crippen molar-refractivity contribution in [3.05, 3.63) is 42.6 Å². The second kappa shape index (κ2) is 10.8. The minimum Gasteiger partial charge on any atom is -0.492 e. The lowest BCUT2D eigenvalue weighted by molar-refractivity contribution is 0.0608. The van der Waals surface area contributed by atoms with Crippen molar-refractivity contribution in [2.24, 2.45) is 5.92 Å². The number of hydrogen-bond donors (Lipinski definition) is 1. The number of aromatic nitrogens is 1. The molecule has 1 aliphatic heterocycles. The fourth-order valence-corrected chi connectivity index (χ4v) is 4.51. The molecular formula is C23H30N2O6S. The lowest BCUT2D eigenvalue weighted by atomic mass is 9.98. The van der Waals surface area contributed by atoms with Crippen LogP contribution in [0.3, 0.4) is 0 Å². The maximum absolute atomic E-state index is 12.0. The van der Waals surface area contributed by atoms with Gasteiger partial charge in [-0.15, -0.1) is 0 Å². The molecule has 1 aromatic heterocycles. The molecule has 9 heteroatoms. The Morgan fingerprint density at radius 2 is 1.84 bits per heavy atom. The summed E-state index contributed by atoms with van der Waals surface area (Å²) in [6, 6.07) is 10.1. The molecule has 1 amide bonds. The molecule has 32 heavy (non-hydrogen) atoms. The van der Waals surface area contributed by atoms with Crippen molar-refractivity contribution in [2.45, 2.75) is 37.7 Å². The summed E-state index contributed by atoms with van der Waals surface area (Å²) in [7, 11) is -3.47. The van der Waals surface area contributed by atoms with Crippen molar-refractivity contribution in [3.63, 3.8) is 0 Å². The second-order valence-corrected chi connectivity index (χ2v) is 10.2. The van der Waals surface area contributed by atoms with Crippen molar-refractivity contribution in [3.8, 4) is 17.0 Å². The second-order valence-electron chi connectivity index (χ2n) is 8.12. The zero-order valence-corrected chi connectivity index (χ0v) is 19.3. The zero-order chi connectivity index (χ0) is 23.1. The number of sulfone groups is 1. The first-order valence-corrected chi connectivity index (χ1v) is 12.4. The quantitative estimate of drug-likeness (QED) is 0.642. The molecule has 2 aromatic rings. The van der Waals surface area contributed by atoms with E-state index in [1.807, 2.05) is 26.0 Å². The minimum absolute atomic E-state index is 0.115. The van der Waals surface area contributed by atoms with E-state index >= 15 is 0 Å². The topological polar surface area (TPSA) is 106 Å². The molecule has 0 unspecified atom stereocenters. The van der Waals surface area contributed by atoms with Gasteiger partial charge in [-0.2, -0.15) is 0 Å². The van der Waals surface area contributed by atoms with Crippen LogP contribution >= 0.6 is 0 Å². The van der Waals surface area contributed by atoms with Crippen LogP contribution in [0.1, 0.15) is 26.7 Å². The van der Waals surface area contributed by atoms with E-state index in [0.717, 1.165) is 18.4 Å². The Balaban J connectivity index is 1.50. The highest BCUT2D eigenvalue weighted by molar-refractivity contribution is 7.91. The van der Waals surface area contributed by atoms with Crippen LogP contribution < -0.4 is 4.74 Å². The van der Waals surface area contributed by atoms with E-state index < -0.39 is 16.4 Å². The van der Waals surface area contributed by atoms with Gasteiger partial charge in [-0.25, -0.2) is 13.2 Å². The van der Waals surface area contributed by atoms with Crippen molar-refractivity contribution in [1.29, 1.82) is 0 Å². The van der Waals surface area contributed by atoms with Crippen LogP contribution in [0.4, 0.5) is 4.79 Å². The molecule has 1 fully saturated rings. The molecule has 1 aromatic carbocycles. The van der Waals surface area contributed by atoms with Gasteiger partial charge in [0.15, 0.2) is 9.84 Å². The van der Waals surface area contributed by atoms with E-state index in [1.165, 1.54) is 12.1 Å². The number of nitrogens with zero attached hydrogens (tertiary/aromatic N) is 2. The van der Waals surface area contributed by atoms with E-state index in [-0.39, 0.29) is 22.8 Å². The Morgan fingerprint density at radius 1 is 1.16 bits per heavy atom. The predicted octanol–water partition coefficient (Wildman–Crippen LogP) is 3.15. The summed E-state index contributed by atoms with van der Waals surface area (Å²) in [4.78, 5) is 18.3. The Hall–Kier alpha value is -2.65. The van der Waals surface area contributed by atoms with Crippen LogP contribution in [0.5, 0.6) is 5.75 Å². The lowest BCUT2D eigenvalue weighted by Crippen LogP contribution is -2.40. The molecule has 0 radical (unpaired) electrons. The normalized spacial score (nSPS) is 15.1. The summed E-state index contributed by atoms with van der Waals surface area (Å²) in [5.41, 5.74) is 1.50. The Morgan fingerprint density at radius 3 is 2.41 bits per heavy atom. The zero-order valence-electron chi connectivity index (χ0n) is 18.4. The summed E-state index contributed by atoms with van der Waals surface area (Å²) >= 11 is 0. The van der Waals surface area contributed by atoms with E-state index in [4.69, 9.17) is 14.6 Å². The fourth-order valence-electron chi connectivity index (χ4n) is 3.48. The van der Waals surface area contributed by atoms with Gasteiger partial charge < -0.3 is 19.5 Å². The van der Waals surface area contributed by atoms with Gasteiger partial charge in [-0.05, 0) is 56.9 Å². The molecule has 8 nitrogen and oxygen atoms in total. The molecule has 2 heterocycles. The van der Waals surface area contributed by atoms with Crippen molar-refractivity contribution < 1.29 is 27.8 Å². The van der Waals surface area contributed by atoms with Gasteiger partial charge >= 0.3 is 6.09 Å². The Labute approximate surface area is 189 Å². The predicted molar refractivity (Wildman–Crippen MR) is 120 cm³/mol. The van der Waals surface area contributed by atoms with Crippen molar-refractivity contribution in [1.82, 2.24) is 9.88 Å². The van der Waals surface area contributed by atoms with E-state index in [1.54, 1.807) is 23.2 Å². The summed E-state index contributed by atoms with van der Waals surface area (Å²) in [5, 5.41) is 8.89. The summed E-state index contributed by atoms with van der Waals surface area (Å²) in [6.45, 7) is 5.18. The average Bonchev–Trinajstić information content (AvgIpc) is 2.78. The van der Waals surface area contributed by atoms with Crippen LogP contribution in [0.25, 0.3) is 11.3 Å². The van der Waals surface area contributed by atoms with Gasteiger partial charge in [0.25, 0.3) is 0 Å². The van der Waals surface area contributed by atoms with Gasteiger partial charge in [0, 0.05) is 18.7 Å². The third-order valence-electron chi connectivity index (χ3n) is 5.30. The third-order valence-corrected chi connectivity index (χ3v) is 7.01. The van der Waals surface area contributed by atoms with Gasteiger partial charge in [-0.3, -0.25) is 4.98 Å². The molecule has 0 atom stereocenters. The van der Waals surface area contributed by atoms with E-state index in [0.29, 0.717) is 37.1 Å². The highest BCUT2D eigenvalue weighted by atomic mass is 32.2. The lowest BCUT2D eigenvalue weighted by Gasteiger charge is -2.31. The minimum atomic E-state index is -3.47. The standard InChI is InChI=1S/C23H30N2O6S/c1-17(2)31-23(27)25-11-9-18(10-12-25)16-30-20-5-8-22(24-15-20)19-3-6-21(7-4-19)32(28,29)14-13-26/h3-8,15,17-18,26H,9-14,16H2,1-2H3. The monoisotopic (exact) mass is 462 g/mol. The smallest absolute Gasteiger partial charge is 0.410 e. The Kier molecular flexibility index (Phi) is 8.09. The van der Waals surface area contributed by atoms with Crippen LogP contribution in [0.2, 0.25) is 0 Å². The first-order valence-electron chi connectivity index (χ1n) is 10.8. The molecular weight excluding hydrogens is 432 g/mol. The van der Waals surface area contributed by atoms with Crippen LogP contribution in [0.15, 0.2) is 47.5 Å². The highest BCUT2D eigenvalue weighted by Gasteiger charge is 2.24. The van der Waals surface area contributed by atoms with Gasteiger partial charge in [0.05, 0.1) is 41.9 Å². The van der Waals surface area contributed by atoms with Gasteiger partial charge in [0.2, 0.25) is 0 Å². The number of aliphatic hydroxyl groups is 1. The van der Waals surface area contributed by atoms with Crippen LogP contribution in [0, 0.1) is 5.92 Å². The van der Waals surface area contributed by atoms with E-state index in [9.17, 15) is 13.2 Å². The first-order chi connectivity index (χ1) is 15.3. The summed E-state index contributed by atoms with van der Waals surface area (Å²) < 4.78 is 35.1. The molecule has 0 spiro atoms. The number of benzene rings is 1. The van der Waals surface area contributed by atoms with Crippen LogP contribution in [-0.2, 0) is 14.6 Å². The molecule has 1 aliphatic rings. The molecule has 1 saturated heterocycles. The number of carbonyl (C=O) groups excluding carboxylic acids is 1. The number of piperidine rings is 1. The van der Waals surface area contributed by atoms with E-state index in [2.05, 4.69) is 4.98 Å². The third kappa shape index (κ3) is 6.43. The number of ether oxygens (including phenoxy) is 2. The van der Waals surface area contributed by atoms with Crippen molar-refractivity contribution >= 4 is 15.9 Å². The number of amides is 1. The molecule has 174 valence electrons. The number of aliphatic hydroxyl groups excluding tert-OH is 1. The molecule has 0 saturated carbocycles. The molecule has 0 bridgehead atoms. The molecule has 3 rings (SSSR count). The Bertz CT molecular complexity index is 982.